The average molecular weight is 510 g/mol. The minimum absolute atomic E-state index is 0.0525. The monoisotopic (exact) mass is 509 g/mol. The van der Waals surface area contributed by atoms with Crippen LogP contribution in [0, 0.1) is 17.8 Å². The van der Waals surface area contributed by atoms with E-state index in [0.717, 1.165) is 0 Å². The van der Waals surface area contributed by atoms with Crippen LogP contribution in [0.3, 0.4) is 0 Å². The molecule has 2 N–H and O–H groups in total. The SMILES string of the molecule is CC(C)C(=O)Oc1ccc(C[C@H](N)C(=O)O[C@@H](C)COC(=O)OC(C)C(C)C)cc1OC(=O)C(C)C. The molecule has 0 aliphatic heterocycles. The van der Waals surface area contributed by atoms with Crippen molar-refractivity contribution in [2.45, 2.75) is 80.1 Å². The second-order valence-corrected chi connectivity index (χ2v) is 9.62. The maximum Gasteiger partial charge on any atom is 0.508 e. The van der Waals surface area contributed by atoms with Crippen LogP contribution in [0.15, 0.2) is 18.2 Å². The molecule has 1 unspecified atom stereocenters. The Morgan fingerprint density at radius 3 is 1.86 bits per heavy atom. The number of hydrogen-bond donors (Lipinski definition) is 1. The zero-order valence-electron chi connectivity index (χ0n) is 22.4. The number of carbonyl (C=O) groups excluding carboxylic acids is 4. The second kappa shape index (κ2) is 14.4. The van der Waals surface area contributed by atoms with Gasteiger partial charge in [0.05, 0.1) is 11.8 Å². The summed E-state index contributed by atoms with van der Waals surface area (Å²) >= 11 is 0. The first-order valence-corrected chi connectivity index (χ1v) is 12.1. The lowest BCUT2D eigenvalue weighted by Crippen LogP contribution is -2.37. The molecule has 0 bridgehead atoms. The molecule has 1 rings (SSSR count). The zero-order chi connectivity index (χ0) is 27.6. The van der Waals surface area contributed by atoms with Crippen molar-refractivity contribution < 1.29 is 42.9 Å². The number of ether oxygens (including phenoxy) is 5. The highest BCUT2D eigenvalue weighted by Gasteiger charge is 2.23. The quantitative estimate of drug-likeness (QED) is 0.327. The van der Waals surface area contributed by atoms with Gasteiger partial charge in [0, 0.05) is 0 Å². The van der Waals surface area contributed by atoms with Crippen LogP contribution in [0.4, 0.5) is 4.79 Å². The van der Waals surface area contributed by atoms with Crippen molar-refractivity contribution in [1.29, 1.82) is 0 Å². The molecule has 3 atom stereocenters. The van der Waals surface area contributed by atoms with E-state index in [1.807, 2.05) is 13.8 Å². The van der Waals surface area contributed by atoms with Crippen LogP contribution in [0.25, 0.3) is 0 Å². The molecule has 10 heteroatoms. The first-order valence-electron chi connectivity index (χ1n) is 12.1. The molecule has 0 saturated carbocycles. The number of esters is 3. The van der Waals surface area contributed by atoms with Gasteiger partial charge >= 0.3 is 24.1 Å². The van der Waals surface area contributed by atoms with E-state index in [2.05, 4.69) is 0 Å². The molecule has 0 spiro atoms. The van der Waals surface area contributed by atoms with Crippen LogP contribution in [0.1, 0.15) is 61.0 Å². The Balaban J connectivity index is 2.79. The molecular weight excluding hydrogens is 470 g/mol. The second-order valence-electron chi connectivity index (χ2n) is 9.62. The summed E-state index contributed by atoms with van der Waals surface area (Å²) in [5, 5.41) is 0. The van der Waals surface area contributed by atoms with Gasteiger partial charge in [-0.2, -0.15) is 0 Å². The highest BCUT2D eigenvalue weighted by molar-refractivity contribution is 5.78. The van der Waals surface area contributed by atoms with Gasteiger partial charge in [-0.1, -0.05) is 47.6 Å². The molecule has 1 aromatic carbocycles. The molecular formula is C26H39NO9. The maximum absolute atomic E-state index is 12.4. The lowest BCUT2D eigenvalue weighted by atomic mass is 10.1. The smallest absolute Gasteiger partial charge is 0.458 e. The van der Waals surface area contributed by atoms with Gasteiger partial charge in [-0.15, -0.1) is 0 Å². The summed E-state index contributed by atoms with van der Waals surface area (Å²) in [6, 6.07) is 3.55. The van der Waals surface area contributed by atoms with Gasteiger partial charge in [0.1, 0.15) is 24.9 Å². The third-order valence-corrected chi connectivity index (χ3v) is 5.10. The molecule has 0 saturated heterocycles. The molecule has 0 aliphatic carbocycles. The van der Waals surface area contributed by atoms with Crippen molar-refractivity contribution in [3.63, 3.8) is 0 Å². The van der Waals surface area contributed by atoms with Gasteiger partial charge < -0.3 is 29.4 Å². The first kappa shape index (κ1) is 30.9. The van der Waals surface area contributed by atoms with Crippen LogP contribution in [-0.4, -0.2) is 48.9 Å². The highest BCUT2D eigenvalue weighted by atomic mass is 16.7. The van der Waals surface area contributed by atoms with Crippen LogP contribution in [-0.2, 0) is 35.0 Å². The first-order chi connectivity index (χ1) is 16.7. The molecule has 1 aromatic rings. The summed E-state index contributed by atoms with van der Waals surface area (Å²) in [7, 11) is 0. The number of nitrogens with two attached hydrogens (primary N) is 1. The standard InChI is InChI=1S/C26H39NO9/c1-14(2)18(8)34-26(31)32-13-17(7)33-25(30)20(27)11-19-9-10-21(35-23(28)15(3)4)22(12-19)36-24(29)16(5)6/h9-10,12,14-18,20H,11,13,27H2,1-8H3/t17-,18?,20-/m0/s1. The molecule has 202 valence electrons. The van der Waals surface area contributed by atoms with Crippen molar-refractivity contribution in [2.24, 2.45) is 23.5 Å². The van der Waals surface area contributed by atoms with Crippen LogP contribution in [0.5, 0.6) is 11.5 Å². The molecule has 0 fully saturated rings. The summed E-state index contributed by atoms with van der Waals surface area (Å²) < 4.78 is 26.1. The molecule has 10 nitrogen and oxygen atoms in total. The normalized spacial score (nSPS) is 13.7. The van der Waals surface area contributed by atoms with Crippen molar-refractivity contribution in [3.8, 4) is 11.5 Å². The van der Waals surface area contributed by atoms with Crippen molar-refractivity contribution >= 4 is 24.1 Å². The van der Waals surface area contributed by atoms with E-state index in [1.165, 1.54) is 12.1 Å². The maximum atomic E-state index is 12.4. The average Bonchev–Trinajstić information content (AvgIpc) is 2.78. The molecule has 0 aromatic heterocycles. The fraction of sp³-hybridized carbons (Fsp3) is 0.615. The van der Waals surface area contributed by atoms with E-state index in [0.29, 0.717) is 5.56 Å². The van der Waals surface area contributed by atoms with E-state index < -0.39 is 42.1 Å². The topological polar surface area (TPSA) is 140 Å². The number of hydrogen-bond acceptors (Lipinski definition) is 10. The summed E-state index contributed by atoms with van der Waals surface area (Å²) in [4.78, 5) is 48.3. The Bertz CT molecular complexity index is 911. The zero-order valence-corrected chi connectivity index (χ0v) is 22.4. The molecule has 36 heavy (non-hydrogen) atoms. The highest BCUT2D eigenvalue weighted by Crippen LogP contribution is 2.30. The molecule has 0 amide bonds. The van der Waals surface area contributed by atoms with Crippen molar-refractivity contribution in [1.82, 2.24) is 0 Å². The predicted octanol–water partition coefficient (Wildman–Crippen LogP) is 3.81. The van der Waals surface area contributed by atoms with Crippen LogP contribution < -0.4 is 15.2 Å². The van der Waals surface area contributed by atoms with Gasteiger partial charge in [-0.25, -0.2) is 4.79 Å². The third-order valence-electron chi connectivity index (χ3n) is 5.10. The molecule has 0 aliphatic rings. The van der Waals surface area contributed by atoms with Crippen molar-refractivity contribution in [2.75, 3.05) is 6.61 Å². The Labute approximate surface area is 212 Å². The Kier molecular flexibility index (Phi) is 12.4. The summed E-state index contributed by atoms with van der Waals surface area (Å²) in [6.07, 6.45) is -1.84. The Hall–Kier alpha value is -3.14. The predicted molar refractivity (Wildman–Crippen MR) is 131 cm³/mol. The third kappa shape index (κ3) is 10.6. The summed E-state index contributed by atoms with van der Waals surface area (Å²) in [5.74, 6) is -2.20. The number of carbonyl (C=O) groups is 4. The van der Waals surface area contributed by atoms with Gasteiger partial charge in [-0.05, 0) is 43.9 Å². The lowest BCUT2D eigenvalue weighted by Gasteiger charge is -2.19. The minimum atomic E-state index is -1.04. The van der Waals surface area contributed by atoms with Crippen LogP contribution in [0.2, 0.25) is 0 Å². The van der Waals surface area contributed by atoms with Gasteiger partial charge in [-0.3, -0.25) is 14.4 Å². The largest absolute Gasteiger partial charge is 0.508 e. The summed E-state index contributed by atoms with van der Waals surface area (Å²) in [6.45, 7) is 13.7. The molecule has 0 radical (unpaired) electrons. The van der Waals surface area contributed by atoms with Crippen molar-refractivity contribution in [3.05, 3.63) is 23.8 Å². The van der Waals surface area contributed by atoms with Gasteiger partial charge in [0.25, 0.3) is 0 Å². The van der Waals surface area contributed by atoms with E-state index >= 15 is 0 Å². The molecule has 0 heterocycles. The van der Waals surface area contributed by atoms with E-state index in [4.69, 9.17) is 29.4 Å². The Morgan fingerprint density at radius 1 is 0.778 bits per heavy atom. The van der Waals surface area contributed by atoms with Crippen LogP contribution >= 0.6 is 0 Å². The minimum Gasteiger partial charge on any atom is -0.458 e. The van der Waals surface area contributed by atoms with Gasteiger partial charge in [0.15, 0.2) is 11.5 Å². The fourth-order valence-electron chi connectivity index (χ4n) is 2.46. The van der Waals surface area contributed by atoms with E-state index in [1.54, 1.807) is 47.6 Å². The van der Waals surface area contributed by atoms with E-state index in [9.17, 15) is 19.2 Å². The van der Waals surface area contributed by atoms with Gasteiger partial charge in [0.2, 0.25) is 0 Å². The number of rotatable bonds is 12. The van der Waals surface area contributed by atoms with E-state index in [-0.39, 0.29) is 42.5 Å². The Morgan fingerprint density at radius 2 is 1.33 bits per heavy atom. The lowest BCUT2D eigenvalue weighted by molar-refractivity contribution is -0.152. The fourth-order valence-corrected chi connectivity index (χ4v) is 2.46. The summed E-state index contributed by atoms with van der Waals surface area (Å²) in [5.41, 5.74) is 6.57. The number of benzene rings is 1.